The third kappa shape index (κ3) is 7.36. The molecule has 0 aliphatic rings. The predicted molar refractivity (Wildman–Crippen MR) is 125 cm³/mol. The van der Waals surface area contributed by atoms with Crippen LogP contribution in [0.5, 0.6) is 0 Å². The Kier molecular flexibility index (Phi) is 11.1. The predicted octanol–water partition coefficient (Wildman–Crippen LogP) is 4.49. The summed E-state index contributed by atoms with van der Waals surface area (Å²) in [5, 5.41) is 6.64. The number of guanidine groups is 1. The number of nitrogens with one attached hydrogen (secondary N) is 2. The van der Waals surface area contributed by atoms with Crippen LogP contribution >= 0.6 is 39.9 Å². The molecule has 0 fully saturated rings. The normalized spacial score (nSPS) is 13.4. The molecular formula is C19H25BrIN3OS. The lowest BCUT2D eigenvalue weighted by Gasteiger charge is -2.19. The van der Waals surface area contributed by atoms with E-state index in [2.05, 4.69) is 44.5 Å². The van der Waals surface area contributed by atoms with Gasteiger partial charge in [-0.3, -0.25) is 9.20 Å². The fourth-order valence-corrected chi connectivity index (χ4v) is 3.94. The molecule has 2 atom stereocenters. The molecule has 0 heterocycles. The monoisotopic (exact) mass is 549 g/mol. The standard InChI is InChI=1S/C19H24BrN3OS.HI/c1-3-21-19(23-15(2)17-11-7-8-12-18(17)20)22-13-14-25(24)16-9-5-4-6-10-16;/h4-12,15H,3,13-14H2,1-2H3,(H2,21,22,23);1H. The first-order valence-electron chi connectivity index (χ1n) is 8.34. The highest BCUT2D eigenvalue weighted by atomic mass is 127. The van der Waals surface area contributed by atoms with Gasteiger partial charge >= 0.3 is 0 Å². The Balaban J connectivity index is 0.00000338. The van der Waals surface area contributed by atoms with Crippen LogP contribution in [0.15, 0.2) is 69.0 Å². The number of aliphatic imine (C=N–C) groups is 1. The SMILES string of the molecule is CCNC(=NCCS(=O)c1ccccc1)NC(C)c1ccccc1Br.I. The van der Waals surface area contributed by atoms with Gasteiger partial charge in [0.15, 0.2) is 5.96 Å². The van der Waals surface area contributed by atoms with Crippen molar-refractivity contribution < 1.29 is 4.21 Å². The molecular weight excluding hydrogens is 525 g/mol. The smallest absolute Gasteiger partial charge is 0.191 e. The van der Waals surface area contributed by atoms with E-state index >= 15 is 0 Å². The molecule has 0 saturated carbocycles. The Morgan fingerprint density at radius 2 is 1.81 bits per heavy atom. The van der Waals surface area contributed by atoms with E-state index in [1.54, 1.807) is 0 Å². The zero-order valence-corrected chi connectivity index (χ0v) is 19.7. The number of hydrogen-bond donors (Lipinski definition) is 2. The Morgan fingerprint density at radius 3 is 2.46 bits per heavy atom. The van der Waals surface area contributed by atoms with Gasteiger partial charge in [0, 0.05) is 21.7 Å². The number of hydrogen-bond acceptors (Lipinski definition) is 2. The molecule has 4 nitrogen and oxygen atoms in total. The molecule has 0 aromatic heterocycles. The molecule has 7 heteroatoms. The number of halogens is 2. The fraction of sp³-hybridized carbons (Fsp3) is 0.316. The highest BCUT2D eigenvalue weighted by Gasteiger charge is 2.10. The number of benzene rings is 2. The molecule has 0 amide bonds. The summed E-state index contributed by atoms with van der Waals surface area (Å²) in [7, 11) is -1.03. The maximum Gasteiger partial charge on any atom is 0.191 e. The van der Waals surface area contributed by atoms with Gasteiger partial charge in [-0.2, -0.15) is 0 Å². The lowest BCUT2D eigenvalue weighted by molar-refractivity contribution is 0.679. The van der Waals surface area contributed by atoms with Gasteiger partial charge in [-0.05, 0) is 37.6 Å². The molecule has 0 spiro atoms. The van der Waals surface area contributed by atoms with Crippen molar-refractivity contribution in [1.29, 1.82) is 0 Å². The van der Waals surface area contributed by atoms with Crippen molar-refractivity contribution >= 4 is 56.7 Å². The van der Waals surface area contributed by atoms with Gasteiger partial charge in [-0.25, -0.2) is 0 Å². The minimum Gasteiger partial charge on any atom is -0.357 e. The second-order valence-electron chi connectivity index (χ2n) is 5.51. The van der Waals surface area contributed by atoms with E-state index in [4.69, 9.17) is 0 Å². The van der Waals surface area contributed by atoms with Crippen LogP contribution in [0.4, 0.5) is 0 Å². The topological polar surface area (TPSA) is 53.5 Å². The molecule has 2 N–H and O–H groups in total. The molecule has 2 aromatic carbocycles. The van der Waals surface area contributed by atoms with Gasteiger partial charge in [0.25, 0.3) is 0 Å². The first-order chi connectivity index (χ1) is 12.1. The Hall–Kier alpha value is -0.930. The first-order valence-corrected chi connectivity index (χ1v) is 10.5. The third-order valence-corrected chi connectivity index (χ3v) is 5.70. The highest BCUT2D eigenvalue weighted by molar-refractivity contribution is 14.0. The van der Waals surface area contributed by atoms with Gasteiger partial charge < -0.3 is 10.6 Å². The van der Waals surface area contributed by atoms with Crippen molar-refractivity contribution in [3.05, 3.63) is 64.6 Å². The summed E-state index contributed by atoms with van der Waals surface area (Å²) in [6.07, 6.45) is 0. The fourth-order valence-electron chi connectivity index (χ4n) is 2.36. The minimum atomic E-state index is -1.03. The quantitative estimate of drug-likeness (QED) is 0.304. The summed E-state index contributed by atoms with van der Waals surface area (Å²) in [5.41, 5.74) is 1.17. The van der Waals surface area contributed by atoms with Crippen LogP contribution in [-0.4, -0.2) is 29.0 Å². The zero-order valence-electron chi connectivity index (χ0n) is 14.9. The van der Waals surface area contributed by atoms with Crippen LogP contribution in [-0.2, 0) is 10.8 Å². The molecule has 142 valence electrons. The van der Waals surface area contributed by atoms with E-state index in [0.29, 0.717) is 12.3 Å². The van der Waals surface area contributed by atoms with Crippen LogP contribution in [0.3, 0.4) is 0 Å². The van der Waals surface area contributed by atoms with Gasteiger partial charge in [0.1, 0.15) is 0 Å². The third-order valence-electron chi connectivity index (χ3n) is 3.62. The Morgan fingerprint density at radius 1 is 1.15 bits per heavy atom. The van der Waals surface area contributed by atoms with Gasteiger partial charge in [-0.1, -0.05) is 52.3 Å². The summed E-state index contributed by atoms with van der Waals surface area (Å²) < 4.78 is 13.3. The lowest BCUT2D eigenvalue weighted by Crippen LogP contribution is -2.39. The Labute approximate surface area is 183 Å². The first kappa shape index (κ1) is 23.1. The van der Waals surface area contributed by atoms with E-state index in [-0.39, 0.29) is 30.0 Å². The maximum atomic E-state index is 12.3. The molecule has 0 radical (unpaired) electrons. The molecule has 2 unspecified atom stereocenters. The molecule has 0 aliphatic heterocycles. The zero-order chi connectivity index (χ0) is 18.1. The number of nitrogens with zero attached hydrogens (tertiary/aromatic N) is 1. The average Bonchev–Trinajstić information content (AvgIpc) is 2.62. The van der Waals surface area contributed by atoms with E-state index < -0.39 is 10.8 Å². The molecule has 2 rings (SSSR count). The van der Waals surface area contributed by atoms with E-state index in [1.165, 1.54) is 5.56 Å². The minimum absolute atomic E-state index is 0. The van der Waals surface area contributed by atoms with Crippen molar-refractivity contribution in [3.8, 4) is 0 Å². The summed E-state index contributed by atoms with van der Waals surface area (Å²) in [6.45, 7) is 5.40. The van der Waals surface area contributed by atoms with Crippen molar-refractivity contribution in [1.82, 2.24) is 10.6 Å². The molecule has 0 aliphatic carbocycles. The van der Waals surface area contributed by atoms with Crippen LogP contribution in [0, 0.1) is 0 Å². The molecule has 0 saturated heterocycles. The van der Waals surface area contributed by atoms with Gasteiger partial charge in [0.2, 0.25) is 0 Å². The summed E-state index contributed by atoms with van der Waals surface area (Å²) in [4.78, 5) is 5.40. The van der Waals surface area contributed by atoms with Crippen molar-refractivity contribution in [2.75, 3.05) is 18.8 Å². The summed E-state index contributed by atoms with van der Waals surface area (Å²) >= 11 is 3.58. The van der Waals surface area contributed by atoms with E-state index in [9.17, 15) is 4.21 Å². The molecule has 26 heavy (non-hydrogen) atoms. The van der Waals surface area contributed by atoms with Crippen LogP contribution in [0.2, 0.25) is 0 Å². The highest BCUT2D eigenvalue weighted by Crippen LogP contribution is 2.22. The second kappa shape index (κ2) is 12.5. The van der Waals surface area contributed by atoms with Gasteiger partial charge in [-0.15, -0.1) is 24.0 Å². The van der Waals surface area contributed by atoms with E-state index in [1.807, 2.05) is 55.5 Å². The summed E-state index contributed by atoms with van der Waals surface area (Å²) in [5.74, 6) is 1.24. The van der Waals surface area contributed by atoms with E-state index in [0.717, 1.165) is 21.9 Å². The summed E-state index contributed by atoms with van der Waals surface area (Å²) in [6, 6.07) is 17.7. The average molecular weight is 550 g/mol. The van der Waals surface area contributed by atoms with Crippen LogP contribution in [0.25, 0.3) is 0 Å². The lowest BCUT2D eigenvalue weighted by atomic mass is 10.1. The Bertz CT molecular complexity index is 728. The largest absolute Gasteiger partial charge is 0.357 e. The molecule has 2 aromatic rings. The van der Waals surface area contributed by atoms with Crippen molar-refractivity contribution in [3.63, 3.8) is 0 Å². The van der Waals surface area contributed by atoms with Crippen LogP contribution < -0.4 is 10.6 Å². The van der Waals surface area contributed by atoms with Gasteiger partial charge in [0.05, 0.1) is 23.4 Å². The molecule has 0 bridgehead atoms. The number of rotatable bonds is 7. The van der Waals surface area contributed by atoms with Crippen molar-refractivity contribution in [2.24, 2.45) is 4.99 Å². The van der Waals surface area contributed by atoms with Crippen LogP contribution in [0.1, 0.15) is 25.5 Å². The van der Waals surface area contributed by atoms with Crippen molar-refractivity contribution in [2.45, 2.75) is 24.8 Å². The maximum absolute atomic E-state index is 12.3. The second-order valence-corrected chi connectivity index (χ2v) is 7.94.